The number of hydrogen-bond acceptors (Lipinski definition) is 2. The Morgan fingerprint density at radius 2 is 2.17 bits per heavy atom. The van der Waals surface area contributed by atoms with Crippen LogP contribution >= 0.6 is 0 Å². The summed E-state index contributed by atoms with van der Waals surface area (Å²) in [5.41, 5.74) is 1.17. The van der Waals surface area contributed by atoms with Crippen LogP contribution in [0.25, 0.3) is 6.08 Å². The zero-order valence-electron chi connectivity index (χ0n) is 10.6. The highest BCUT2D eigenvalue weighted by Gasteiger charge is 2.20. The van der Waals surface area contributed by atoms with Gasteiger partial charge in [-0.1, -0.05) is 42.5 Å². The average molecular weight is 245 g/mol. The topological polar surface area (TPSA) is 38.3 Å². The molecule has 1 heterocycles. The first-order valence-electron chi connectivity index (χ1n) is 6.36. The van der Waals surface area contributed by atoms with E-state index in [9.17, 15) is 4.79 Å². The number of rotatable bonds is 3. The maximum absolute atomic E-state index is 11.0. The Kier molecular flexibility index (Phi) is 4.53. The van der Waals surface area contributed by atoms with Crippen molar-refractivity contribution in [1.82, 2.24) is 5.32 Å². The van der Waals surface area contributed by atoms with Gasteiger partial charge in [-0.05, 0) is 18.4 Å². The van der Waals surface area contributed by atoms with Crippen molar-refractivity contribution >= 4 is 12.0 Å². The standard InChI is InChI=1S/C15H19NO2/c1-12(17)16-14-9-10-18-15(11-14)8-7-13-5-3-2-4-6-13/h2-8,14-15H,9-11H2,1H3,(H,16,17)/b8-7+. The quantitative estimate of drug-likeness (QED) is 0.888. The molecule has 0 aromatic heterocycles. The molecular weight excluding hydrogens is 226 g/mol. The summed E-state index contributed by atoms with van der Waals surface area (Å²) < 4.78 is 5.67. The van der Waals surface area contributed by atoms with Gasteiger partial charge in [0.05, 0.1) is 6.10 Å². The zero-order chi connectivity index (χ0) is 12.8. The summed E-state index contributed by atoms with van der Waals surface area (Å²) >= 11 is 0. The molecule has 1 aliphatic rings. The Morgan fingerprint density at radius 3 is 2.89 bits per heavy atom. The molecule has 96 valence electrons. The van der Waals surface area contributed by atoms with Crippen molar-refractivity contribution in [2.24, 2.45) is 0 Å². The third kappa shape index (κ3) is 4.00. The van der Waals surface area contributed by atoms with E-state index in [0.717, 1.165) is 12.8 Å². The summed E-state index contributed by atoms with van der Waals surface area (Å²) in [6.07, 6.45) is 5.98. The van der Waals surface area contributed by atoms with E-state index in [0.29, 0.717) is 6.61 Å². The van der Waals surface area contributed by atoms with Crippen LogP contribution in [0, 0.1) is 0 Å². The fourth-order valence-electron chi connectivity index (χ4n) is 2.16. The van der Waals surface area contributed by atoms with Gasteiger partial charge in [0.2, 0.25) is 5.91 Å². The Balaban J connectivity index is 1.89. The molecule has 1 aromatic rings. The number of nitrogens with one attached hydrogen (secondary N) is 1. The smallest absolute Gasteiger partial charge is 0.217 e. The summed E-state index contributed by atoms with van der Waals surface area (Å²) in [6.45, 7) is 2.26. The van der Waals surface area contributed by atoms with Gasteiger partial charge >= 0.3 is 0 Å². The fourth-order valence-corrected chi connectivity index (χ4v) is 2.16. The first-order valence-corrected chi connectivity index (χ1v) is 6.36. The Morgan fingerprint density at radius 1 is 1.39 bits per heavy atom. The van der Waals surface area contributed by atoms with Crippen molar-refractivity contribution in [2.45, 2.75) is 31.9 Å². The molecule has 3 nitrogen and oxygen atoms in total. The van der Waals surface area contributed by atoms with Gasteiger partial charge in [0.25, 0.3) is 0 Å². The predicted octanol–water partition coefficient (Wildman–Crippen LogP) is 2.38. The summed E-state index contributed by atoms with van der Waals surface area (Å²) in [6, 6.07) is 10.4. The lowest BCUT2D eigenvalue weighted by atomic mass is 10.0. The molecular formula is C15H19NO2. The van der Waals surface area contributed by atoms with Gasteiger partial charge < -0.3 is 10.1 Å². The van der Waals surface area contributed by atoms with Crippen LogP contribution in [-0.4, -0.2) is 24.7 Å². The maximum Gasteiger partial charge on any atom is 0.217 e. The molecule has 1 N–H and O–H groups in total. The Labute approximate surface area is 108 Å². The minimum atomic E-state index is 0.0349. The maximum atomic E-state index is 11.0. The van der Waals surface area contributed by atoms with Crippen LogP contribution in [0.2, 0.25) is 0 Å². The van der Waals surface area contributed by atoms with Gasteiger partial charge in [-0.2, -0.15) is 0 Å². The van der Waals surface area contributed by atoms with Crippen molar-refractivity contribution in [3.05, 3.63) is 42.0 Å². The van der Waals surface area contributed by atoms with Gasteiger partial charge in [-0.15, -0.1) is 0 Å². The number of carbonyl (C=O) groups excluding carboxylic acids is 1. The van der Waals surface area contributed by atoms with Crippen LogP contribution in [-0.2, 0) is 9.53 Å². The molecule has 2 atom stereocenters. The molecule has 1 fully saturated rings. The fraction of sp³-hybridized carbons (Fsp3) is 0.400. The average Bonchev–Trinajstić information content (AvgIpc) is 2.37. The third-order valence-corrected chi connectivity index (χ3v) is 3.03. The van der Waals surface area contributed by atoms with E-state index in [1.165, 1.54) is 5.56 Å². The highest BCUT2D eigenvalue weighted by Crippen LogP contribution is 2.16. The second-order valence-electron chi connectivity index (χ2n) is 4.60. The summed E-state index contributed by atoms with van der Waals surface area (Å²) in [7, 11) is 0. The highest BCUT2D eigenvalue weighted by molar-refractivity contribution is 5.73. The normalized spacial score (nSPS) is 24.1. The minimum Gasteiger partial charge on any atom is -0.374 e. The first-order chi connectivity index (χ1) is 8.74. The van der Waals surface area contributed by atoms with Crippen molar-refractivity contribution < 1.29 is 9.53 Å². The molecule has 0 saturated carbocycles. The second-order valence-corrected chi connectivity index (χ2v) is 4.60. The van der Waals surface area contributed by atoms with E-state index in [2.05, 4.69) is 29.6 Å². The highest BCUT2D eigenvalue weighted by atomic mass is 16.5. The van der Waals surface area contributed by atoms with Crippen molar-refractivity contribution in [3.8, 4) is 0 Å². The SMILES string of the molecule is CC(=O)NC1CCOC(/C=C/c2ccccc2)C1. The molecule has 0 spiro atoms. The predicted molar refractivity (Wildman–Crippen MR) is 72.1 cm³/mol. The van der Waals surface area contributed by atoms with Crippen molar-refractivity contribution in [3.63, 3.8) is 0 Å². The summed E-state index contributed by atoms with van der Waals surface area (Å²) in [4.78, 5) is 11.0. The molecule has 1 aromatic carbocycles. The molecule has 3 heteroatoms. The molecule has 2 unspecified atom stereocenters. The van der Waals surface area contributed by atoms with E-state index >= 15 is 0 Å². The molecule has 18 heavy (non-hydrogen) atoms. The largest absolute Gasteiger partial charge is 0.374 e. The van der Waals surface area contributed by atoms with Crippen LogP contribution in [0.1, 0.15) is 25.3 Å². The van der Waals surface area contributed by atoms with Gasteiger partial charge in [0.1, 0.15) is 0 Å². The van der Waals surface area contributed by atoms with Crippen LogP contribution in [0.15, 0.2) is 36.4 Å². The number of benzene rings is 1. The van der Waals surface area contributed by atoms with Crippen molar-refractivity contribution in [1.29, 1.82) is 0 Å². The Bertz CT molecular complexity index is 414. The lowest BCUT2D eigenvalue weighted by Crippen LogP contribution is -2.40. The van der Waals surface area contributed by atoms with Crippen LogP contribution in [0.4, 0.5) is 0 Å². The molecule has 0 bridgehead atoms. The van der Waals surface area contributed by atoms with E-state index in [1.54, 1.807) is 6.92 Å². The van der Waals surface area contributed by atoms with Crippen LogP contribution in [0.5, 0.6) is 0 Å². The van der Waals surface area contributed by atoms with Gasteiger partial charge in [0, 0.05) is 19.6 Å². The van der Waals surface area contributed by atoms with Crippen LogP contribution < -0.4 is 5.32 Å². The molecule has 0 aliphatic carbocycles. The van der Waals surface area contributed by atoms with Gasteiger partial charge in [-0.3, -0.25) is 4.79 Å². The number of amides is 1. The van der Waals surface area contributed by atoms with Gasteiger partial charge in [-0.25, -0.2) is 0 Å². The molecule has 1 amide bonds. The summed E-state index contributed by atoms with van der Waals surface area (Å²) in [5.74, 6) is 0.0349. The van der Waals surface area contributed by atoms with E-state index in [1.807, 2.05) is 18.2 Å². The lowest BCUT2D eigenvalue weighted by Gasteiger charge is -2.28. The second kappa shape index (κ2) is 6.36. The lowest BCUT2D eigenvalue weighted by molar-refractivity contribution is -0.120. The molecule has 2 rings (SSSR count). The number of hydrogen-bond donors (Lipinski definition) is 1. The Hall–Kier alpha value is -1.61. The zero-order valence-corrected chi connectivity index (χ0v) is 10.6. The summed E-state index contributed by atoms with van der Waals surface area (Å²) in [5, 5.41) is 2.96. The first kappa shape index (κ1) is 12.8. The van der Waals surface area contributed by atoms with Crippen molar-refractivity contribution in [2.75, 3.05) is 6.61 Å². The number of carbonyl (C=O) groups is 1. The molecule has 1 saturated heterocycles. The van der Waals surface area contributed by atoms with Crippen LogP contribution in [0.3, 0.4) is 0 Å². The molecule has 1 aliphatic heterocycles. The molecule has 0 radical (unpaired) electrons. The van der Waals surface area contributed by atoms with E-state index in [-0.39, 0.29) is 18.1 Å². The number of ether oxygens (including phenoxy) is 1. The van der Waals surface area contributed by atoms with Gasteiger partial charge in [0.15, 0.2) is 0 Å². The van der Waals surface area contributed by atoms with E-state index < -0.39 is 0 Å². The monoisotopic (exact) mass is 245 g/mol. The third-order valence-electron chi connectivity index (χ3n) is 3.03. The van der Waals surface area contributed by atoms with E-state index in [4.69, 9.17) is 4.74 Å². The minimum absolute atomic E-state index is 0.0349.